The standard InChI is InChI=1S/C14H22O2/c1-3-4-5-8-11-16-14-10-7-6-9-13(14)12-15-2/h6-7,9-10H,3-5,8,11-12H2,1-2H3. The number of hydrogen-bond donors (Lipinski definition) is 0. The summed E-state index contributed by atoms with van der Waals surface area (Å²) in [5.74, 6) is 0.959. The van der Waals surface area contributed by atoms with Crippen LogP contribution in [-0.2, 0) is 11.3 Å². The number of methoxy groups -OCH3 is 1. The van der Waals surface area contributed by atoms with Gasteiger partial charge in [0.2, 0.25) is 0 Å². The van der Waals surface area contributed by atoms with E-state index in [2.05, 4.69) is 6.92 Å². The Kier molecular flexibility index (Phi) is 6.66. The van der Waals surface area contributed by atoms with Gasteiger partial charge in [-0.05, 0) is 12.5 Å². The SMILES string of the molecule is CCCCCCOc1ccccc1COC. The molecule has 0 aliphatic carbocycles. The van der Waals surface area contributed by atoms with Gasteiger partial charge in [-0.3, -0.25) is 0 Å². The zero-order chi connectivity index (χ0) is 11.6. The van der Waals surface area contributed by atoms with Crippen molar-refractivity contribution in [3.05, 3.63) is 29.8 Å². The molecule has 2 heteroatoms. The van der Waals surface area contributed by atoms with E-state index in [0.29, 0.717) is 6.61 Å². The van der Waals surface area contributed by atoms with Crippen LogP contribution in [0.1, 0.15) is 38.2 Å². The van der Waals surface area contributed by atoms with E-state index in [1.807, 2.05) is 24.3 Å². The van der Waals surface area contributed by atoms with Gasteiger partial charge in [0, 0.05) is 12.7 Å². The van der Waals surface area contributed by atoms with Crippen molar-refractivity contribution in [3.63, 3.8) is 0 Å². The van der Waals surface area contributed by atoms with Crippen LogP contribution >= 0.6 is 0 Å². The minimum absolute atomic E-state index is 0.616. The largest absolute Gasteiger partial charge is 0.493 e. The van der Waals surface area contributed by atoms with Gasteiger partial charge < -0.3 is 9.47 Å². The van der Waals surface area contributed by atoms with E-state index >= 15 is 0 Å². The molecule has 0 unspecified atom stereocenters. The third-order valence-corrected chi connectivity index (χ3v) is 2.53. The quantitative estimate of drug-likeness (QED) is 0.623. The molecule has 1 aromatic carbocycles. The fourth-order valence-corrected chi connectivity index (χ4v) is 1.63. The minimum atomic E-state index is 0.616. The Morgan fingerprint density at radius 1 is 1.06 bits per heavy atom. The van der Waals surface area contributed by atoms with Gasteiger partial charge >= 0.3 is 0 Å². The molecular weight excluding hydrogens is 200 g/mol. The Balaban J connectivity index is 2.34. The Bertz CT molecular complexity index is 284. The van der Waals surface area contributed by atoms with Gasteiger partial charge in [0.25, 0.3) is 0 Å². The summed E-state index contributed by atoms with van der Waals surface area (Å²) in [6, 6.07) is 8.07. The van der Waals surface area contributed by atoms with Gasteiger partial charge in [-0.25, -0.2) is 0 Å². The molecule has 0 aliphatic heterocycles. The first-order valence-corrected chi connectivity index (χ1v) is 6.08. The first-order valence-electron chi connectivity index (χ1n) is 6.08. The van der Waals surface area contributed by atoms with E-state index < -0.39 is 0 Å². The summed E-state index contributed by atoms with van der Waals surface area (Å²) in [5.41, 5.74) is 1.13. The van der Waals surface area contributed by atoms with Crippen molar-refractivity contribution in [1.82, 2.24) is 0 Å². The van der Waals surface area contributed by atoms with Crippen LogP contribution in [-0.4, -0.2) is 13.7 Å². The first kappa shape index (κ1) is 13.0. The third kappa shape index (κ3) is 4.67. The molecule has 0 saturated heterocycles. The normalized spacial score (nSPS) is 10.4. The molecule has 0 bridgehead atoms. The van der Waals surface area contributed by atoms with Crippen LogP contribution in [0.2, 0.25) is 0 Å². The summed E-state index contributed by atoms with van der Waals surface area (Å²) in [4.78, 5) is 0. The number of para-hydroxylation sites is 1. The highest BCUT2D eigenvalue weighted by Crippen LogP contribution is 2.19. The van der Waals surface area contributed by atoms with Crippen molar-refractivity contribution in [2.24, 2.45) is 0 Å². The molecule has 0 amide bonds. The molecule has 0 aromatic heterocycles. The molecule has 0 fully saturated rings. The van der Waals surface area contributed by atoms with Gasteiger partial charge in [0.05, 0.1) is 13.2 Å². The molecule has 0 radical (unpaired) electrons. The number of ether oxygens (including phenoxy) is 2. The maximum absolute atomic E-state index is 5.76. The van der Waals surface area contributed by atoms with Crippen molar-refractivity contribution < 1.29 is 9.47 Å². The highest BCUT2D eigenvalue weighted by molar-refractivity contribution is 5.32. The van der Waals surface area contributed by atoms with E-state index in [1.165, 1.54) is 19.3 Å². The molecule has 0 N–H and O–H groups in total. The van der Waals surface area contributed by atoms with Gasteiger partial charge in [0.15, 0.2) is 0 Å². The smallest absolute Gasteiger partial charge is 0.124 e. The minimum Gasteiger partial charge on any atom is -0.493 e. The van der Waals surface area contributed by atoms with E-state index in [9.17, 15) is 0 Å². The molecule has 16 heavy (non-hydrogen) atoms. The zero-order valence-electron chi connectivity index (χ0n) is 10.4. The van der Waals surface area contributed by atoms with Crippen molar-refractivity contribution in [3.8, 4) is 5.75 Å². The van der Waals surface area contributed by atoms with E-state index in [-0.39, 0.29) is 0 Å². The van der Waals surface area contributed by atoms with Crippen LogP contribution in [0.5, 0.6) is 5.75 Å². The summed E-state index contributed by atoms with van der Waals surface area (Å²) in [5, 5.41) is 0. The number of rotatable bonds is 8. The second kappa shape index (κ2) is 8.17. The Morgan fingerprint density at radius 2 is 1.88 bits per heavy atom. The molecular formula is C14H22O2. The van der Waals surface area contributed by atoms with Crippen molar-refractivity contribution in [2.75, 3.05) is 13.7 Å². The van der Waals surface area contributed by atoms with Crippen LogP contribution < -0.4 is 4.74 Å². The van der Waals surface area contributed by atoms with Crippen molar-refractivity contribution in [2.45, 2.75) is 39.2 Å². The highest BCUT2D eigenvalue weighted by atomic mass is 16.5. The van der Waals surface area contributed by atoms with Crippen LogP contribution in [0, 0.1) is 0 Å². The van der Waals surface area contributed by atoms with Gasteiger partial charge in [-0.1, -0.05) is 44.4 Å². The molecule has 2 nitrogen and oxygen atoms in total. The second-order valence-corrected chi connectivity index (χ2v) is 3.95. The van der Waals surface area contributed by atoms with Crippen LogP contribution in [0.25, 0.3) is 0 Å². The lowest BCUT2D eigenvalue weighted by Gasteiger charge is -2.10. The van der Waals surface area contributed by atoms with E-state index in [1.54, 1.807) is 7.11 Å². The lowest BCUT2D eigenvalue weighted by Crippen LogP contribution is -2.00. The fraction of sp³-hybridized carbons (Fsp3) is 0.571. The van der Waals surface area contributed by atoms with Crippen molar-refractivity contribution in [1.29, 1.82) is 0 Å². The number of hydrogen-bond acceptors (Lipinski definition) is 2. The first-order chi connectivity index (χ1) is 7.88. The summed E-state index contributed by atoms with van der Waals surface area (Å²) >= 11 is 0. The highest BCUT2D eigenvalue weighted by Gasteiger charge is 2.01. The zero-order valence-corrected chi connectivity index (χ0v) is 10.4. The maximum Gasteiger partial charge on any atom is 0.124 e. The number of benzene rings is 1. The van der Waals surface area contributed by atoms with Gasteiger partial charge in [-0.2, -0.15) is 0 Å². The predicted molar refractivity (Wildman–Crippen MR) is 66.8 cm³/mol. The molecule has 1 aromatic rings. The molecule has 0 spiro atoms. The Morgan fingerprint density at radius 3 is 2.62 bits per heavy atom. The predicted octanol–water partition coefficient (Wildman–Crippen LogP) is 3.79. The van der Waals surface area contributed by atoms with E-state index in [4.69, 9.17) is 9.47 Å². The lowest BCUT2D eigenvalue weighted by atomic mass is 10.2. The second-order valence-electron chi connectivity index (χ2n) is 3.95. The number of unbranched alkanes of at least 4 members (excludes halogenated alkanes) is 3. The van der Waals surface area contributed by atoms with Gasteiger partial charge in [0.1, 0.15) is 5.75 Å². The Labute approximate surface area is 98.6 Å². The van der Waals surface area contributed by atoms with Crippen LogP contribution in [0.3, 0.4) is 0 Å². The molecule has 0 heterocycles. The lowest BCUT2D eigenvalue weighted by molar-refractivity contribution is 0.179. The summed E-state index contributed by atoms with van der Waals surface area (Å²) in [6.45, 7) is 3.64. The average molecular weight is 222 g/mol. The fourth-order valence-electron chi connectivity index (χ4n) is 1.63. The molecule has 1 rings (SSSR count). The molecule has 0 aliphatic rings. The summed E-state index contributed by atoms with van der Waals surface area (Å²) in [7, 11) is 1.71. The van der Waals surface area contributed by atoms with Crippen LogP contribution in [0.4, 0.5) is 0 Å². The summed E-state index contributed by atoms with van der Waals surface area (Å²) in [6.07, 6.45) is 4.95. The molecule has 90 valence electrons. The maximum atomic E-state index is 5.76. The summed E-state index contributed by atoms with van der Waals surface area (Å²) < 4.78 is 10.9. The molecule has 0 saturated carbocycles. The van der Waals surface area contributed by atoms with Gasteiger partial charge in [-0.15, -0.1) is 0 Å². The van der Waals surface area contributed by atoms with Crippen molar-refractivity contribution >= 4 is 0 Å². The average Bonchev–Trinajstić information content (AvgIpc) is 2.31. The Hall–Kier alpha value is -1.02. The molecule has 0 atom stereocenters. The third-order valence-electron chi connectivity index (χ3n) is 2.53. The van der Waals surface area contributed by atoms with E-state index in [0.717, 1.165) is 24.3 Å². The van der Waals surface area contributed by atoms with Crippen LogP contribution in [0.15, 0.2) is 24.3 Å². The topological polar surface area (TPSA) is 18.5 Å². The monoisotopic (exact) mass is 222 g/mol.